The third-order valence-electron chi connectivity index (χ3n) is 2.63. The number of hydrogen-bond donors (Lipinski definition) is 2. The van der Waals surface area contributed by atoms with Crippen molar-refractivity contribution in [3.63, 3.8) is 0 Å². The topological polar surface area (TPSA) is 96.4 Å². The predicted molar refractivity (Wildman–Crippen MR) is 73.1 cm³/mol. The maximum absolute atomic E-state index is 13.7. The second-order valence-corrected chi connectivity index (χ2v) is 5.89. The van der Waals surface area contributed by atoms with E-state index in [0.717, 1.165) is 18.2 Å². The van der Waals surface area contributed by atoms with Gasteiger partial charge in [0.25, 0.3) is 10.0 Å². The summed E-state index contributed by atoms with van der Waals surface area (Å²) in [5.41, 5.74) is 0.525. The molecule has 0 amide bonds. The number of halogens is 1. The highest BCUT2D eigenvalue weighted by molar-refractivity contribution is 7.92. The van der Waals surface area contributed by atoms with Crippen LogP contribution in [0.3, 0.4) is 0 Å². The van der Waals surface area contributed by atoms with Crippen molar-refractivity contribution >= 4 is 21.7 Å². The molecule has 1 heterocycles. The number of nitrogens with zero attached hydrogens (tertiary/aromatic N) is 1. The summed E-state index contributed by atoms with van der Waals surface area (Å²) in [7, 11) is -4.24. The molecule has 6 nitrogen and oxygen atoms in total. The lowest BCUT2D eigenvalue weighted by molar-refractivity contribution is 0.0696. The maximum atomic E-state index is 13.7. The van der Waals surface area contributed by atoms with Crippen LogP contribution in [0.25, 0.3) is 0 Å². The molecule has 8 heteroatoms. The normalized spacial score (nSPS) is 11.1. The van der Waals surface area contributed by atoms with E-state index >= 15 is 0 Å². The summed E-state index contributed by atoms with van der Waals surface area (Å²) in [5.74, 6) is -2.38. The van der Waals surface area contributed by atoms with Crippen LogP contribution in [-0.4, -0.2) is 24.5 Å². The van der Waals surface area contributed by atoms with E-state index in [2.05, 4.69) is 9.71 Å². The Hall–Kier alpha value is -2.48. The lowest BCUT2D eigenvalue weighted by atomic mass is 10.2. The number of aromatic carboxylic acids is 1. The number of hydrogen-bond acceptors (Lipinski definition) is 4. The number of carbonyl (C=O) groups is 1. The number of sulfonamides is 1. The molecule has 0 saturated heterocycles. The predicted octanol–water partition coefficient (Wildman–Crippen LogP) is 2.03. The Morgan fingerprint density at radius 3 is 2.57 bits per heavy atom. The second kappa shape index (κ2) is 5.49. The first-order valence-electron chi connectivity index (χ1n) is 5.78. The Morgan fingerprint density at radius 1 is 1.29 bits per heavy atom. The smallest absolute Gasteiger partial charge is 0.335 e. The highest BCUT2D eigenvalue weighted by Crippen LogP contribution is 2.20. The van der Waals surface area contributed by atoms with Crippen molar-refractivity contribution in [1.82, 2.24) is 4.98 Å². The number of carboxylic acid groups (broad SMARTS) is 1. The molecule has 0 aliphatic heterocycles. The standard InChI is InChI=1S/C13H11FN2O4S/c1-8-2-4-10(7-15-8)16-21(19,20)12-6-9(13(17)18)3-5-11(12)14/h2-7,16H,1H3,(H,17,18). The van der Waals surface area contributed by atoms with E-state index in [1.54, 1.807) is 13.0 Å². The average molecular weight is 310 g/mol. The van der Waals surface area contributed by atoms with Gasteiger partial charge in [0, 0.05) is 5.69 Å². The highest BCUT2D eigenvalue weighted by Gasteiger charge is 2.21. The van der Waals surface area contributed by atoms with Gasteiger partial charge in [0.1, 0.15) is 10.7 Å². The van der Waals surface area contributed by atoms with Crippen LogP contribution in [-0.2, 0) is 10.0 Å². The molecule has 2 aromatic rings. The molecule has 110 valence electrons. The first-order valence-corrected chi connectivity index (χ1v) is 7.26. The van der Waals surface area contributed by atoms with E-state index in [9.17, 15) is 17.6 Å². The van der Waals surface area contributed by atoms with Crippen molar-refractivity contribution in [3.8, 4) is 0 Å². The highest BCUT2D eigenvalue weighted by atomic mass is 32.2. The summed E-state index contributed by atoms with van der Waals surface area (Å²) in [4.78, 5) is 14.0. The maximum Gasteiger partial charge on any atom is 0.335 e. The van der Waals surface area contributed by atoms with Crippen molar-refractivity contribution in [1.29, 1.82) is 0 Å². The van der Waals surface area contributed by atoms with E-state index < -0.39 is 26.7 Å². The minimum Gasteiger partial charge on any atom is -0.478 e. The van der Waals surface area contributed by atoms with Gasteiger partial charge in [0.2, 0.25) is 0 Å². The van der Waals surface area contributed by atoms with Crippen molar-refractivity contribution in [2.45, 2.75) is 11.8 Å². The van der Waals surface area contributed by atoms with Gasteiger partial charge in [-0.1, -0.05) is 0 Å². The van der Waals surface area contributed by atoms with E-state index in [4.69, 9.17) is 5.11 Å². The summed E-state index contributed by atoms with van der Waals surface area (Å²) in [6.45, 7) is 1.73. The second-order valence-electron chi connectivity index (χ2n) is 4.24. The van der Waals surface area contributed by atoms with Crippen LogP contribution in [0.5, 0.6) is 0 Å². The molecule has 0 aliphatic rings. The van der Waals surface area contributed by atoms with Gasteiger partial charge in [-0.15, -0.1) is 0 Å². The molecule has 0 aliphatic carbocycles. The minimum atomic E-state index is -4.24. The minimum absolute atomic E-state index is 0.153. The molecular weight excluding hydrogens is 299 g/mol. The van der Waals surface area contributed by atoms with Gasteiger partial charge < -0.3 is 5.11 Å². The SMILES string of the molecule is Cc1ccc(NS(=O)(=O)c2cc(C(=O)O)ccc2F)cn1. The Morgan fingerprint density at radius 2 is 2.00 bits per heavy atom. The van der Waals surface area contributed by atoms with E-state index in [0.29, 0.717) is 5.69 Å². The quantitative estimate of drug-likeness (QED) is 0.900. The zero-order valence-electron chi connectivity index (χ0n) is 10.9. The third-order valence-corrected chi connectivity index (χ3v) is 4.03. The van der Waals surface area contributed by atoms with Crippen LogP contribution in [0.1, 0.15) is 16.1 Å². The zero-order chi connectivity index (χ0) is 15.6. The molecule has 0 spiro atoms. The Bertz CT molecular complexity index is 788. The number of anilines is 1. The summed E-state index contributed by atoms with van der Waals surface area (Å²) in [6.07, 6.45) is 1.28. The van der Waals surface area contributed by atoms with Crippen molar-refractivity contribution in [2.24, 2.45) is 0 Å². The number of carboxylic acids is 1. The molecule has 1 aromatic carbocycles. The van der Waals surface area contributed by atoms with E-state index in [1.807, 2.05) is 0 Å². The van der Waals surface area contributed by atoms with Gasteiger partial charge in [0.05, 0.1) is 17.4 Å². The van der Waals surface area contributed by atoms with Crippen molar-refractivity contribution in [3.05, 3.63) is 53.6 Å². The fourth-order valence-electron chi connectivity index (χ4n) is 1.58. The van der Waals surface area contributed by atoms with Crippen LogP contribution in [0.2, 0.25) is 0 Å². The molecule has 0 bridgehead atoms. The number of aromatic nitrogens is 1. The summed E-state index contributed by atoms with van der Waals surface area (Å²) < 4.78 is 40.0. The molecule has 0 atom stereocenters. The molecule has 0 radical (unpaired) electrons. The Labute approximate surface area is 120 Å². The zero-order valence-corrected chi connectivity index (χ0v) is 11.7. The molecule has 0 saturated carbocycles. The van der Waals surface area contributed by atoms with Gasteiger partial charge in [-0.25, -0.2) is 17.6 Å². The van der Waals surface area contributed by atoms with Gasteiger partial charge in [0.15, 0.2) is 0 Å². The third kappa shape index (κ3) is 3.34. The summed E-state index contributed by atoms with van der Waals surface area (Å²) >= 11 is 0. The van der Waals surface area contributed by atoms with Crippen molar-refractivity contribution < 1.29 is 22.7 Å². The van der Waals surface area contributed by atoms with Gasteiger partial charge in [-0.05, 0) is 37.3 Å². The van der Waals surface area contributed by atoms with Crippen LogP contribution < -0.4 is 4.72 Å². The molecular formula is C13H11FN2O4S. The molecule has 2 N–H and O–H groups in total. The molecule has 21 heavy (non-hydrogen) atoms. The van der Waals surface area contributed by atoms with Crippen molar-refractivity contribution in [2.75, 3.05) is 4.72 Å². The van der Waals surface area contributed by atoms with Crippen LogP contribution in [0.15, 0.2) is 41.4 Å². The average Bonchev–Trinajstić information content (AvgIpc) is 2.41. The number of rotatable bonds is 4. The van der Waals surface area contributed by atoms with Crippen LogP contribution in [0.4, 0.5) is 10.1 Å². The molecule has 1 aromatic heterocycles. The molecule has 0 fully saturated rings. The van der Waals surface area contributed by atoms with Crippen LogP contribution >= 0.6 is 0 Å². The van der Waals surface area contributed by atoms with Crippen LogP contribution in [0, 0.1) is 12.7 Å². The van der Waals surface area contributed by atoms with Gasteiger partial charge in [-0.2, -0.15) is 0 Å². The lowest BCUT2D eigenvalue weighted by Gasteiger charge is -2.09. The first kappa shape index (κ1) is 14.9. The Kier molecular flexibility index (Phi) is 3.90. The summed E-state index contributed by atoms with van der Waals surface area (Å²) in [5, 5.41) is 8.84. The number of nitrogens with one attached hydrogen (secondary N) is 1. The van der Waals surface area contributed by atoms with E-state index in [-0.39, 0.29) is 11.3 Å². The molecule has 0 unspecified atom stereocenters. The largest absolute Gasteiger partial charge is 0.478 e. The monoisotopic (exact) mass is 310 g/mol. The van der Waals surface area contributed by atoms with Gasteiger partial charge in [-0.3, -0.25) is 9.71 Å². The lowest BCUT2D eigenvalue weighted by Crippen LogP contribution is -2.15. The number of aryl methyl sites for hydroxylation is 1. The summed E-state index contributed by atoms with van der Waals surface area (Å²) in [6, 6.07) is 5.61. The fraction of sp³-hybridized carbons (Fsp3) is 0.0769. The number of pyridine rings is 1. The first-order chi connectivity index (χ1) is 9.79. The van der Waals surface area contributed by atoms with Gasteiger partial charge >= 0.3 is 5.97 Å². The fourth-order valence-corrected chi connectivity index (χ4v) is 2.73. The number of benzene rings is 1. The van der Waals surface area contributed by atoms with E-state index in [1.165, 1.54) is 12.3 Å². The molecule has 2 rings (SSSR count). The Balaban J connectivity index is 2.41.